The average molecular weight is 1050 g/mol. The number of alkyl halides is 6. The van der Waals surface area contributed by atoms with E-state index < -0.39 is 57.9 Å². The topological polar surface area (TPSA) is 192 Å². The Morgan fingerprint density at radius 1 is 0.721 bits per heavy atom. The molecule has 4 aromatic rings. The van der Waals surface area contributed by atoms with Crippen LogP contribution in [0.15, 0.2) is 99.7 Å². The maximum atomic E-state index is 14.4. The van der Waals surface area contributed by atoms with E-state index in [9.17, 15) is 46.3 Å². The number of esters is 2. The molecular formula is C44H39Cl4F6N4NaO9. The number of nitrogens with zero attached hydrogens (tertiary/aromatic N) is 4. The van der Waals surface area contributed by atoms with Crippen LogP contribution >= 0.6 is 46.4 Å². The zero-order chi connectivity index (χ0) is 51.0. The molecule has 13 nitrogen and oxygen atoms in total. The Kier molecular flexibility index (Phi) is 20.6. The van der Waals surface area contributed by atoms with Crippen LogP contribution in [0.1, 0.15) is 95.6 Å². The Hall–Kier alpha value is -4.89. The first-order chi connectivity index (χ1) is 30.8. The van der Waals surface area contributed by atoms with Crippen LogP contribution in [0.4, 0.5) is 26.3 Å². The Morgan fingerprint density at radius 2 is 1.16 bits per heavy atom. The SMILES string of the molecule is Cc1cc(C(/C=C(/c2cc(Cl)cc(Cl)c2)C(F)(F)F)=N\O)ccc1C(=O)OC(C)(C)C.Cc1cc(C2=NOC(c3cc(Cl)cc(Cl)c3)(C(F)(F)F)/C2=N/O)ccc1C(=O)OC(C)(C)C.O=N[O-].[Na+]. The average Bonchev–Trinajstić information content (AvgIpc) is 3.57. The normalized spacial score (nSPS) is 15.9. The predicted octanol–water partition coefficient (Wildman–Crippen LogP) is 10.6. The molecule has 360 valence electrons. The first-order valence-electron chi connectivity index (χ1n) is 19.0. The van der Waals surface area contributed by atoms with E-state index in [0.29, 0.717) is 17.2 Å². The number of benzene rings is 4. The number of allylic oxidation sites excluding steroid dienone is 2. The van der Waals surface area contributed by atoms with Gasteiger partial charge in [0, 0.05) is 36.8 Å². The smallest absolute Gasteiger partial charge is 0.456 e. The predicted molar refractivity (Wildman–Crippen MR) is 242 cm³/mol. The molecule has 0 amide bonds. The molecule has 0 radical (unpaired) electrons. The van der Waals surface area contributed by atoms with E-state index in [4.69, 9.17) is 70.8 Å². The van der Waals surface area contributed by atoms with Crippen molar-refractivity contribution >= 4 is 81.1 Å². The molecule has 0 aromatic heterocycles. The van der Waals surface area contributed by atoms with Crippen molar-refractivity contribution in [1.82, 2.24) is 0 Å². The summed E-state index contributed by atoms with van der Waals surface area (Å²) in [5.41, 5.74) is -6.58. The van der Waals surface area contributed by atoms with Crippen molar-refractivity contribution in [3.8, 4) is 0 Å². The van der Waals surface area contributed by atoms with Gasteiger partial charge in [0.15, 0.2) is 5.71 Å². The van der Waals surface area contributed by atoms with Gasteiger partial charge < -0.3 is 34.8 Å². The number of halogens is 10. The standard InChI is InChI=1S/C22H19Cl2F3N2O4.C22H20Cl2F3NO3.HNO2.Na/c1-11-7-12(5-6-16(11)19(30)32-20(2,3)4)17-18(28-31)21(33-29-17,22(25,26)27)13-8-14(23)10-15(24)9-13;1-12-7-13(5-6-17(12)20(29)31-21(2,3)4)19(28-30)11-18(22(25,26)27)14-8-15(23)10-16(24)9-14;2-1-3;/h5-10,31H,1-4H3;5-11,30H,1-4H3;(H,2,3);/q;;;+1/p-1/b28-18+;18-11-,28-19-;;. The largest absolute Gasteiger partial charge is 1.00 e. The van der Waals surface area contributed by atoms with E-state index in [1.807, 2.05) is 0 Å². The summed E-state index contributed by atoms with van der Waals surface area (Å²) >= 11 is 23.5. The van der Waals surface area contributed by atoms with Crippen LogP contribution < -0.4 is 29.6 Å². The summed E-state index contributed by atoms with van der Waals surface area (Å²) in [5.74, 6) is -1.16. The molecular weight excluding hydrogens is 1010 g/mol. The molecule has 0 fully saturated rings. The molecule has 5 rings (SSSR count). The van der Waals surface area contributed by atoms with Crippen LogP contribution in [0, 0.1) is 24.0 Å². The fourth-order valence-corrected chi connectivity index (χ4v) is 7.13. The number of hydrogen-bond donors (Lipinski definition) is 2. The van der Waals surface area contributed by atoms with E-state index in [-0.39, 0.29) is 88.9 Å². The zero-order valence-electron chi connectivity index (χ0n) is 37.3. The van der Waals surface area contributed by atoms with Crippen molar-refractivity contribution in [2.45, 2.75) is 84.5 Å². The molecule has 1 aliphatic heterocycles. The first-order valence-corrected chi connectivity index (χ1v) is 20.5. The molecule has 24 heteroatoms. The quantitative estimate of drug-likeness (QED) is 0.0345. The molecule has 0 aliphatic carbocycles. The van der Waals surface area contributed by atoms with Gasteiger partial charge in [-0.25, -0.2) is 9.59 Å². The van der Waals surface area contributed by atoms with Crippen LogP contribution in [0.3, 0.4) is 0 Å². The molecule has 4 aromatic carbocycles. The van der Waals surface area contributed by atoms with Gasteiger partial charge in [0.05, 0.1) is 16.7 Å². The molecule has 0 saturated carbocycles. The van der Waals surface area contributed by atoms with Crippen LogP contribution in [-0.4, -0.2) is 63.0 Å². The van der Waals surface area contributed by atoms with Crippen molar-refractivity contribution in [2.75, 3.05) is 0 Å². The molecule has 1 unspecified atom stereocenters. The van der Waals surface area contributed by atoms with Crippen LogP contribution in [-0.2, 0) is 19.9 Å². The third-order valence-electron chi connectivity index (χ3n) is 8.73. The van der Waals surface area contributed by atoms with E-state index >= 15 is 0 Å². The molecule has 2 N–H and O–H groups in total. The summed E-state index contributed by atoms with van der Waals surface area (Å²) in [6.45, 7) is 13.5. The second kappa shape index (κ2) is 23.6. The van der Waals surface area contributed by atoms with E-state index in [2.05, 4.69) is 15.5 Å². The van der Waals surface area contributed by atoms with Crippen LogP contribution in [0.5, 0.6) is 0 Å². The minimum absolute atomic E-state index is 0. The molecule has 0 spiro atoms. The van der Waals surface area contributed by atoms with Gasteiger partial charge >= 0.3 is 59.4 Å². The number of aryl methyl sites for hydroxylation is 2. The van der Waals surface area contributed by atoms with Gasteiger partial charge in [-0.15, -0.1) is 5.34 Å². The van der Waals surface area contributed by atoms with E-state index in [1.165, 1.54) is 48.5 Å². The molecule has 1 aliphatic rings. The molecule has 1 atom stereocenters. The second-order valence-electron chi connectivity index (χ2n) is 16.2. The van der Waals surface area contributed by atoms with Gasteiger partial charge in [-0.1, -0.05) is 74.0 Å². The fraction of sp³-hybridized carbons (Fsp3) is 0.295. The van der Waals surface area contributed by atoms with Crippen molar-refractivity contribution in [3.05, 3.63) is 154 Å². The maximum Gasteiger partial charge on any atom is 1.00 e. The zero-order valence-corrected chi connectivity index (χ0v) is 42.3. The summed E-state index contributed by atoms with van der Waals surface area (Å²) in [5, 5.41) is 37.4. The van der Waals surface area contributed by atoms with Crippen molar-refractivity contribution in [3.63, 3.8) is 0 Å². The number of rotatable bonds is 7. The number of ether oxygens (including phenoxy) is 2. The minimum Gasteiger partial charge on any atom is -0.456 e. The van der Waals surface area contributed by atoms with Gasteiger partial charge in [-0.3, -0.25) is 0 Å². The summed E-state index contributed by atoms with van der Waals surface area (Å²) in [6.07, 6.45) is -9.20. The van der Waals surface area contributed by atoms with E-state index in [1.54, 1.807) is 55.4 Å². The van der Waals surface area contributed by atoms with Crippen molar-refractivity contribution in [2.24, 2.45) is 20.8 Å². The van der Waals surface area contributed by atoms with Gasteiger partial charge in [-0.2, -0.15) is 26.3 Å². The summed E-state index contributed by atoms with van der Waals surface area (Å²) in [7, 11) is 0. The number of hydrogen-bond acceptors (Lipinski definition) is 13. The third-order valence-corrected chi connectivity index (χ3v) is 9.60. The van der Waals surface area contributed by atoms with Gasteiger partial charge in [0.2, 0.25) is 0 Å². The summed E-state index contributed by atoms with van der Waals surface area (Å²) < 4.78 is 94.9. The number of carbonyl (C=O) groups is 2. The van der Waals surface area contributed by atoms with Gasteiger partial charge in [0.25, 0.3) is 0 Å². The van der Waals surface area contributed by atoms with Crippen molar-refractivity contribution < 1.29 is 90.2 Å². The fourth-order valence-electron chi connectivity index (χ4n) is 6.07. The molecule has 1 heterocycles. The number of oxime groups is 3. The Labute approximate surface area is 427 Å². The maximum absolute atomic E-state index is 14.4. The van der Waals surface area contributed by atoms with Crippen LogP contribution in [0.2, 0.25) is 20.1 Å². The minimum atomic E-state index is -5.10. The Balaban J connectivity index is 0.000000436. The third kappa shape index (κ3) is 15.3. The van der Waals surface area contributed by atoms with Gasteiger partial charge in [-0.05, 0) is 139 Å². The Morgan fingerprint density at radius 3 is 1.54 bits per heavy atom. The molecule has 68 heavy (non-hydrogen) atoms. The Bertz CT molecular complexity index is 2610. The van der Waals surface area contributed by atoms with Crippen LogP contribution in [0.25, 0.3) is 5.57 Å². The molecule has 0 bridgehead atoms. The monoisotopic (exact) mass is 1040 g/mol. The summed E-state index contributed by atoms with van der Waals surface area (Å²) in [4.78, 5) is 37.6. The summed E-state index contributed by atoms with van der Waals surface area (Å²) in [6, 6.07) is 15.2. The molecule has 0 saturated heterocycles. The first kappa shape index (κ1) is 59.2. The number of carbonyl (C=O) groups excluding carboxylic acids is 2. The van der Waals surface area contributed by atoms with Crippen molar-refractivity contribution in [1.29, 1.82) is 0 Å². The van der Waals surface area contributed by atoms with Gasteiger partial charge in [0.1, 0.15) is 22.6 Å². The van der Waals surface area contributed by atoms with E-state index in [0.717, 1.165) is 29.6 Å². The second-order valence-corrected chi connectivity index (χ2v) is 17.9.